The second-order valence-electron chi connectivity index (χ2n) is 4.89. The van der Waals surface area contributed by atoms with Crippen LogP contribution in [-0.4, -0.2) is 0 Å². The van der Waals surface area contributed by atoms with Crippen molar-refractivity contribution in [2.75, 3.05) is 0 Å². The maximum atomic E-state index is 14.3. The predicted molar refractivity (Wildman–Crippen MR) is 72.8 cm³/mol. The summed E-state index contributed by atoms with van der Waals surface area (Å²) in [5.74, 6) is -1.89. The molecule has 2 aromatic rings. The Morgan fingerprint density at radius 3 is 2.40 bits per heavy atom. The summed E-state index contributed by atoms with van der Waals surface area (Å²) in [5, 5.41) is 0. The van der Waals surface area contributed by atoms with Crippen molar-refractivity contribution in [1.82, 2.24) is 0 Å². The zero-order valence-electron chi connectivity index (χ0n) is 11.4. The highest BCUT2D eigenvalue weighted by Gasteiger charge is 2.34. The Hall–Kier alpha value is -1.81. The second kappa shape index (κ2) is 5.29. The molecule has 0 aromatic heterocycles. The molecule has 0 aliphatic heterocycles. The van der Waals surface area contributed by atoms with Crippen LogP contribution in [0.25, 0.3) is 0 Å². The first-order valence-electron chi connectivity index (χ1n) is 6.40. The molecule has 0 bridgehead atoms. The molecule has 2 N–H and O–H groups in total. The van der Waals surface area contributed by atoms with E-state index >= 15 is 0 Å². The number of hydrogen-bond acceptors (Lipinski definition) is 1. The topological polar surface area (TPSA) is 26.0 Å². The summed E-state index contributed by atoms with van der Waals surface area (Å²) in [6.07, 6.45) is 0.244. The Balaban J connectivity index is 2.71. The average Bonchev–Trinajstić information content (AvgIpc) is 2.43. The number of halogens is 3. The van der Waals surface area contributed by atoms with Crippen LogP contribution in [0, 0.1) is 24.4 Å². The first-order chi connectivity index (χ1) is 9.40. The Kier molecular flexibility index (Phi) is 3.86. The van der Waals surface area contributed by atoms with Crippen LogP contribution in [0.1, 0.15) is 30.0 Å². The second-order valence-corrected chi connectivity index (χ2v) is 4.89. The van der Waals surface area contributed by atoms with Crippen molar-refractivity contribution in [3.8, 4) is 0 Å². The van der Waals surface area contributed by atoms with Gasteiger partial charge in [-0.05, 0) is 42.7 Å². The monoisotopic (exact) mass is 279 g/mol. The van der Waals surface area contributed by atoms with Crippen molar-refractivity contribution in [2.45, 2.75) is 25.8 Å². The molecule has 0 fully saturated rings. The van der Waals surface area contributed by atoms with Crippen molar-refractivity contribution in [1.29, 1.82) is 0 Å². The van der Waals surface area contributed by atoms with Crippen molar-refractivity contribution in [3.05, 3.63) is 70.5 Å². The van der Waals surface area contributed by atoms with Gasteiger partial charge in [-0.2, -0.15) is 0 Å². The van der Waals surface area contributed by atoms with Gasteiger partial charge < -0.3 is 5.73 Å². The van der Waals surface area contributed by atoms with E-state index in [1.165, 1.54) is 30.3 Å². The molecule has 0 saturated carbocycles. The SMILES string of the molecule is CCC(N)(c1cccc(F)c1)c1c(F)ccc(C)c1F. The standard InChI is InChI=1S/C16H16F3N/c1-3-16(20,11-5-4-6-12(17)9-11)14-13(18)8-7-10(2)15(14)19/h4-9H,3,20H2,1-2H3. The van der Waals surface area contributed by atoms with Crippen LogP contribution < -0.4 is 5.73 Å². The molecule has 0 spiro atoms. The summed E-state index contributed by atoms with van der Waals surface area (Å²) in [7, 11) is 0. The van der Waals surface area contributed by atoms with E-state index < -0.39 is 23.0 Å². The van der Waals surface area contributed by atoms with Gasteiger partial charge in [0.25, 0.3) is 0 Å². The van der Waals surface area contributed by atoms with E-state index in [2.05, 4.69) is 0 Å². The third kappa shape index (κ3) is 2.31. The van der Waals surface area contributed by atoms with Crippen LogP contribution in [0.5, 0.6) is 0 Å². The van der Waals surface area contributed by atoms with Gasteiger partial charge in [-0.25, -0.2) is 13.2 Å². The highest BCUT2D eigenvalue weighted by Crippen LogP contribution is 2.35. The molecule has 4 heteroatoms. The average molecular weight is 279 g/mol. The molecule has 0 saturated heterocycles. The van der Waals surface area contributed by atoms with Crippen molar-refractivity contribution < 1.29 is 13.2 Å². The minimum absolute atomic E-state index is 0.217. The summed E-state index contributed by atoms with van der Waals surface area (Å²) in [4.78, 5) is 0. The van der Waals surface area contributed by atoms with Gasteiger partial charge in [-0.3, -0.25) is 0 Å². The largest absolute Gasteiger partial charge is 0.318 e. The van der Waals surface area contributed by atoms with E-state index in [-0.39, 0.29) is 12.0 Å². The fourth-order valence-corrected chi connectivity index (χ4v) is 2.36. The Morgan fingerprint density at radius 2 is 1.80 bits per heavy atom. The summed E-state index contributed by atoms with van der Waals surface area (Å²) < 4.78 is 41.8. The Bertz CT molecular complexity index is 640. The molecule has 0 aliphatic carbocycles. The lowest BCUT2D eigenvalue weighted by atomic mass is 9.80. The van der Waals surface area contributed by atoms with Gasteiger partial charge in [-0.15, -0.1) is 0 Å². The number of aryl methyl sites for hydroxylation is 1. The summed E-state index contributed by atoms with van der Waals surface area (Å²) in [5.41, 5.74) is 5.27. The van der Waals surface area contributed by atoms with Gasteiger partial charge in [0.05, 0.1) is 5.54 Å². The quantitative estimate of drug-likeness (QED) is 0.902. The van der Waals surface area contributed by atoms with E-state index in [0.29, 0.717) is 11.1 Å². The molecule has 2 aromatic carbocycles. The van der Waals surface area contributed by atoms with Crippen LogP contribution in [0.4, 0.5) is 13.2 Å². The molecular formula is C16H16F3N. The molecule has 20 heavy (non-hydrogen) atoms. The van der Waals surface area contributed by atoms with Gasteiger partial charge >= 0.3 is 0 Å². The normalized spacial score (nSPS) is 14.1. The molecule has 0 amide bonds. The van der Waals surface area contributed by atoms with E-state index in [9.17, 15) is 13.2 Å². The molecule has 106 valence electrons. The van der Waals surface area contributed by atoms with Crippen LogP contribution in [0.3, 0.4) is 0 Å². The zero-order valence-corrected chi connectivity index (χ0v) is 11.4. The van der Waals surface area contributed by atoms with Crippen LogP contribution >= 0.6 is 0 Å². The Labute approximate surface area is 116 Å². The highest BCUT2D eigenvalue weighted by molar-refractivity contribution is 5.41. The van der Waals surface area contributed by atoms with Crippen molar-refractivity contribution >= 4 is 0 Å². The number of nitrogens with two attached hydrogens (primary N) is 1. The van der Waals surface area contributed by atoms with Crippen LogP contribution in [0.2, 0.25) is 0 Å². The molecule has 0 aliphatic rings. The van der Waals surface area contributed by atoms with E-state index in [4.69, 9.17) is 5.73 Å². The van der Waals surface area contributed by atoms with Gasteiger partial charge in [0.1, 0.15) is 17.5 Å². The molecule has 2 rings (SSSR count). The number of rotatable bonds is 3. The van der Waals surface area contributed by atoms with Gasteiger partial charge in [0, 0.05) is 5.56 Å². The third-order valence-corrected chi connectivity index (χ3v) is 3.63. The number of hydrogen-bond donors (Lipinski definition) is 1. The smallest absolute Gasteiger partial charge is 0.134 e. The molecule has 1 nitrogen and oxygen atoms in total. The lowest BCUT2D eigenvalue weighted by Gasteiger charge is -2.30. The Morgan fingerprint density at radius 1 is 1.10 bits per heavy atom. The highest BCUT2D eigenvalue weighted by atomic mass is 19.1. The van der Waals surface area contributed by atoms with E-state index in [1.54, 1.807) is 19.9 Å². The zero-order chi connectivity index (χ0) is 14.9. The minimum Gasteiger partial charge on any atom is -0.318 e. The molecule has 1 unspecified atom stereocenters. The van der Waals surface area contributed by atoms with E-state index in [1.807, 2.05) is 0 Å². The van der Waals surface area contributed by atoms with Gasteiger partial charge in [0.2, 0.25) is 0 Å². The first-order valence-corrected chi connectivity index (χ1v) is 6.40. The van der Waals surface area contributed by atoms with Gasteiger partial charge in [0.15, 0.2) is 0 Å². The fraction of sp³-hybridized carbons (Fsp3) is 0.250. The fourth-order valence-electron chi connectivity index (χ4n) is 2.36. The van der Waals surface area contributed by atoms with E-state index in [0.717, 1.165) is 0 Å². The first kappa shape index (κ1) is 14.6. The lowest BCUT2D eigenvalue weighted by molar-refractivity contribution is 0.439. The number of benzene rings is 2. The molecule has 0 heterocycles. The lowest BCUT2D eigenvalue weighted by Crippen LogP contribution is -2.39. The molecule has 1 atom stereocenters. The summed E-state index contributed by atoms with van der Waals surface area (Å²) in [6.45, 7) is 3.26. The van der Waals surface area contributed by atoms with Crippen molar-refractivity contribution in [2.24, 2.45) is 5.73 Å². The summed E-state index contributed by atoms with van der Waals surface area (Å²) >= 11 is 0. The molecule has 0 radical (unpaired) electrons. The minimum atomic E-state index is -1.40. The van der Waals surface area contributed by atoms with Crippen LogP contribution in [-0.2, 0) is 5.54 Å². The third-order valence-electron chi connectivity index (χ3n) is 3.63. The molecular weight excluding hydrogens is 263 g/mol. The van der Waals surface area contributed by atoms with Gasteiger partial charge in [-0.1, -0.05) is 25.1 Å². The predicted octanol–water partition coefficient (Wildman–Crippen LogP) is 4.02. The maximum Gasteiger partial charge on any atom is 0.134 e. The van der Waals surface area contributed by atoms with Crippen LogP contribution in [0.15, 0.2) is 36.4 Å². The van der Waals surface area contributed by atoms with Crippen molar-refractivity contribution in [3.63, 3.8) is 0 Å². The summed E-state index contributed by atoms with van der Waals surface area (Å²) in [6, 6.07) is 8.08. The maximum absolute atomic E-state index is 14.3.